The average Bonchev–Trinajstić information content (AvgIpc) is 4.00. The van der Waals surface area contributed by atoms with E-state index in [0.717, 1.165) is 17.3 Å². The van der Waals surface area contributed by atoms with Gasteiger partial charge in [-0.2, -0.15) is 13.2 Å². The van der Waals surface area contributed by atoms with Crippen LogP contribution >= 0.6 is 0 Å². The van der Waals surface area contributed by atoms with Crippen molar-refractivity contribution in [3.63, 3.8) is 0 Å². The number of halogens is 3. The maximum atomic E-state index is 14.2. The van der Waals surface area contributed by atoms with Gasteiger partial charge in [0.05, 0.1) is 39.5 Å². The van der Waals surface area contributed by atoms with Gasteiger partial charge in [-0.3, -0.25) is 29.0 Å². The molecule has 3 aliphatic heterocycles. The van der Waals surface area contributed by atoms with Crippen LogP contribution in [0.5, 0.6) is 5.75 Å². The molecule has 13 nitrogen and oxygen atoms in total. The minimum atomic E-state index is -4.68. The fraction of sp³-hybridized carbons (Fsp3) is 0.556. The van der Waals surface area contributed by atoms with Crippen molar-refractivity contribution in [1.29, 1.82) is 0 Å². The molecule has 2 fully saturated rings. The topological polar surface area (TPSA) is 184 Å². The molecular weight excluding hydrogens is 719 g/mol. The number of aryl methyl sites for hydroxylation is 2. The number of allylic oxidation sites excluding steroid dienone is 2. The Kier molecular flexibility index (Phi) is 9.09. The summed E-state index contributed by atoms with van der Waals surface area (Å²) in [4.78, 5) is 63.8. The summed E-state index contributed by atoms with van der Waals surface area (Å²) in [7, 11) is -4.07. The van der Waals surface area contributed by atoms with E-state index in [0.29, 0.717) is 44.1 Å². The van der Waals surface area contributed by atoms with Crippen molar-refractivity contribution in [3.8, 4) is 5.75 Å². The maximum Gasteiger partial charge on any atom is 0.418 e. The number of amides is 3. The number of aromatic nitrogens is 1. The third-order valence-corrected chi connectivity index (χ3v) is 13.5. The van der Waals surface area contributed by atoms with Crippen molar-refractivity contribution < 1.29 is 50.6 Å². The number of carbonyl (C=O) groups excluding carboxylic acids is 3. The Morgan fingerprint density at radius 1 is 1.08 bits per heavy atom. The second-order valence-corrected chi connectivity index (χ2v) is 17.2. The Labute approximate surface area is 303 Å². The normalized spacial score (nSPS) is 27.9. The van der Waals surface area contributed by atoms with E-state index in [1.54, 1.807) is 0 Å². The smallest absolute Gasteiger partial charge is 0.418 e. The SMILES string of the molecule is Cc1nc2c(C(F)(F)F)cccc2c2c1O[C@@]1(CCC(=O)[C@@H](NC(=O)O)CCCCC3=C(C3)/N=C\[C@@H]3[C@@H](C(=O)NS(=O)(=O)C4(C)CC4)CC(=O)N31)CC2. The molecule has 17 heteroatoms. The van der Waals surface area contributed by atoms with Gasteiger partial charge in [-0.05, 0) is 64.0 Å². The molecule has 2 aromatic rings. The predicted octanol–water partition coefficient (Wildman–Crippen LogP) is 5.09. The lowest BCUT2D eigenvalue weighted by Gasteiger charge is -2.47. The van der Waals surface area contributed by atoms with Gasteiger partial charge in [0.25, 0.3) is 0 Å². The molecule has 284 valence electrons. The van der Waals surface area contributed by atoms with Crippen molar-refractivity contribution in [2.75, 3.05) is 0 Å². The number of aliphatic imine (C=N–C) groups is 1. The molecular formula is C36H40F3N5O8S. The van der Waals surface area contributed by atoms with E-state index in [1.165, 1.54) is 37.1 Å². The molecule has 7 rings (SSSR count). The zero-order chi connectivity index (χ0) is 38.1. The molecule has 0 bridgehead atoms. The number of benzene rings is 1. The number of ether oxygens (including phenoxy) is 1. The quantitative estimate of drug-likeness (QED) is 0.382. The number of hydrogen-bond acceptors (Lipinski definition) is 9. The van der Waals surface area contributed by atoms with Crippen LogP contribution in [0.3, 0.4) is 0 Å². The molecule has 3 amide bonds. The van der Waals surface area contributed by atoms with E-state index >= 15 is 0 Å². The van der Waals surface area contributed by atoms with Crippen LogP contribution in [0.25, 0.3) is 10.9 Å². The first-order chi connectivity index (χ1) is 24.9. The number of ketones is 1. The molecule has 53 heavy (non-hydrogen) atoms. The molecule has 1 saturated heterocycles. The summed E-state index contributed by atoms with van der Waals surface area (Å²) in [5, 5.41) is 12.1. The summed E-state index contributed by atoms with van der Waals surface area (Å²) in [5.41, 5.74) is -0.518. The van der Waals surface area contributed by atoms with E-state index in [9.17, 15) is 45.9 Å². The maximum absolute atomic E-state index is 14.2. The third-order valence-electron chi connectivity index (χ3n) is 11.3. The Morgan fingerprint density at radius 3 is 2.51 bits per heavy atom. The molecule has 0 unspecified atom stereocenters. The van der Waals surface area contributed by atoms with Crippen molar-refractivity contribution >= 4 is 50.8 Å². The molecule has 0 radical (unpaired) electrons. The van der Waals surface area contributed by atoms with Gasteiger partial charge in [0.1, 0.15) is 5.75 Å². The minimum Gasteiger partial charge on any atom is -0.466 e. The molecule has 5 aliphatic rings. The number of para-hydroxylation sites is 1. The van der Waals surface area contributed by atoms with Crippen LogP contribution in [-0.2, 0) is 37.0 Å². The Hall–Kier alpha value is -4.54. The number of alkyl halides is 3. The monoisotopic (exact) mass is 759 g/mol. The zero-order valence-electron chi connectivity index (χ0n) is 29.2. The van der Waals surface area contributed by atoms with E-state index in [1.807, 2.05) is 0 Å². The number of rotatable bonds is 4. The van der Waals surface area contributed by atoms with E-state index in [4.69, 9.17) is 4.74 Å². The zero-order valence-corrected chi connectivity index (χ0v) is 30.0. The first-order valence-corrected chi connectivity index (χ1v) is 19.3. The van der Waals surface area contributed by atoms with E-state index < -0.39 is 80.3 Å². The number of carbonyl (C=O) groups is 4. The van der Waals surface area contributed by atoms with Gasteiger partial charge in [-0.15, -0.1) is 0 Å². The van der Waals surface area contributed by atoms with Crippen LogP contribution in [0.2, 0.25) is 0 Å². The van der Waals surface area contributed by atoms with Gasteiger partial charge in [0, 0.05) is 55.0 Å². The summed E-state index contributed by atoms with van der Waals surface area (Å²) in [6.45, 7) is 3.02. The number of Topliss-reactive ketones (excluding diaryl/α,β-unsaturated/α-hetero) is 1. The van der Waals surface area contributed by atoms with E-state index in [2.05, 4.69) is 20.0 Å². The van der Waals surface area contributed by atoms with Crippen LogP contribution < -0.4 is 14.8 Å². The number of pyridine rings is 1. The highest BCUT2D eigenvalue weighted by atomic mass is 32.2. The van der Waals surface area contributed by atoms with E-state index in [-0.39, 0.29) is 54.5 Å². The van der Waals surface area contributed by atoms with Gasteiger partial charge in [0.2, 0.25) is 21.8 Å². The highest BCUT2D eigenvalue weighted by Crippen LogP contribution is 2.48. The average molecular weight is 760 g/mol. The summed E-state index contributed by atoms with van der Waals surface area (Å²) in [6, 6.07) is 1.57. The van der Waals surface area contributed by atoms with Crippen LogP contribution in [0.1, 0.15) is 94.4 Å². The van der Waals surface area contributed by atoms with Crippen molar-refractivity contribution in [3.05, 3.63) is 46.3 Å². The van der Waals surface area contributed by atoms with Crippen molar-refractivity contribution in [2.45, 2.75) is 120 Å². The molecule has 1 aromatic carbocycles. The summed E-state index contributed by atoms with van der Waals surface area (Å²) in [5.74, 6) is -2.99. The standard InChI is InChI=1S/C36H40F3N5O8S/c1-19-31-22(21-7-5-8-24(30(21)41-19)36(37,38)39)10-12-35(52-31)13-11-28(45)25(42-33(48)49)9-4-3-6-20-16-26(20)40-18-27-23(17-29(46)44(27)35)32(47)43-53(50,51)34(2)14-15-34/h5,7-8,18,23,25,27,42H,3-4,6,9-17H2,1-2H3,(H,43,47)(H,48,49)/b40-18-/t23-,25-,27+,35+/m0/s1. The first-order valence-electron chi connectivity index (χ1n) is 17.8. The predicted molar refractivity (Wildman–Crippen MR) is 184 cm³/mol. The van der Waals surface area contributed by atoms with Gasteiger partial charge in [-0.25, -0.2) is 18.2 Å². The van der Waals surface area contributed by atoms with Crippen LogP contribution in [0.15, 0.2) is 34.5 Å². The molecule has 4 heterocycles. The molecule has 1 saturated carbocycles. The highest BCUT2D eigenvalue weighted by Gasteiger charge is 2.57. The number of fused-ring (bicyclic) bond motifs is 5. The fourth-order valence-electron chi connectivity index (χ4n) is 7.89. The second kappa shape index (κ2) is 13.1. The lowest BCUT2D eigenvalue weighted by atomic mass is 9.87. The highest BCUT2D eigenvalue weighted by molar-refractivity contribution is 7.91. The molecule has 1 spiro atoms. The number of carboxylic acid groups (broad SMARTS) is 1. The summed E-state index contributed by atoms with van der Waals surface area (Å²) >= 11 is 0. The Bertz CT molecular complexity index is 2100. The first kappa shape index (κ1) is 36.8. The van der Waals surface area contributed by atoms with Crippen LogP contribution in [0.4, 0.5) is 18.0 Å². The number of nitrogens with zero attached hydrogens (tertiary/aromatic N) is 3. The van der Waals surface area contributed by atoms with Gasteiger partial charge < -0.3 is 15.2 Å². The largest absolute Gasteiger partial charge is 0.466 e. The summed E-state index contributed by atoms with van der Waals surface area (Å²) < 4.78 is 76.2. The lowest BCUT2D eigenvalue weighted by Crippen LogP contribution is -2.60. The number of sulfonamides is 1. The fourth-order valence-corrected chi connectivity index (χ4v) is 9.19. The van der Waals surface area contributed by atoms with Gasteiger partial charge in [-0.1, -0.05) is 18.6 Å². The molecule has 3 N–H and O–H groups in total. The van der Waals surface area contributed by atoms with Crippen LogP contribution in [0, 0.1) is 12.8 Å². The number of nitrogens with one attached hydrogen (secondary N) is 2. The summed E-state index contributed by atoms with van der Waals surface area (Å²) in [6.07, 6.45) is -1.88. The van der Waals surface area contributed by atoms with Gasteiger partial charge >= 0.3 is 12.3 Å². The van der Waals surface area contributed by atoms with Crippen molar-refractivity contribution in [1.82, 2.24) is 19.9 Å². The Balaban J connectivity index is 1.33. The van der Waals surface area contributed by atoms with Crippen LogP contribution in [-0.4, -0.2) is 75.9 Å². The molecule has 4 atom stereocenters. The number of hydrogen-bond donors (Lipinski definition) is 3. The molecule has 2 aliphatic carbocycles. The second-order valence-electron chi connectivity index (χ2n) is 15.0. The lowest BCUT2D eigenvalue weighted by molar-refractivity contribution is -0.157. The molecule has 1 aromatic heterocycles. The van der Waals surface area contributed by atoms with Gasteiger partial charge in [0.15, 0.2) is 11.5 Å². The third kappa shape index (κ3) is 6.87. The minimum absolute atomic E-state index is 0.0200. The Morgan fingerprint density at radius 2 is 1.81 bits per heavy atom. The van der Waals surface area contributed by atoms with Crippen molar-refractivity contribution in [2.24, 2.45) is 10.9 Å².